The first kappa shape index (κ1) is 6.93. The summed E-state index contributed by atoms with van der Waals surface area (Å²) >= 11 is 1.67. The van der Waals surface area contributed by atoms with Crippen LogP contribution < -0.4 is 0 Å². The molecule has 0 saturated carbocycles. The monoisotopic (exact) mass is 146 g/mol. The number of carbonyl (C=O) groups is 1. The molecular formula is C6H10O2S. The molecule has 3 heteroatoms. The van der Waals surface area contributed by atoms with Crippen LogP contribution in [0.1, 0.15) is 13.3 Å². The molecular weight excluding hydrogens is 136 g/mol. The third-order valence-electron chi connectivity index (χ3n) is 1.26. The van der Waals surface area contributed by atoms with E-state index in [0.717, 1.165) is 12.2 Å². The maximum atomic E-state index is 10.7. The fraction of sp³-hybridized carbons (Fsp3) is 0.833. The van der Waals surface area contributed by atoms with E-state index in [1.54, 1.807) is 11.8 Å². The lowest BCUT2D eigenvalue weighted by molar-refractivity contribution is -0.137. The topological polar surface area (TPSA) is 26.3 Å². The summed E-state index contributed by atoms with van der Waals surface area (Å²) in [6.45, 7) is 2.67. The van der Waals surface area contributed by atoms with E-state index in [9.17, 15) is 4.79 Å². The van der Waals surface area contributed by atoms with Crippen LogP contribution in [0.2, 0.25) is 0 Å². The van der Waals surface area contributed by atoms with Crippen molar-refractivity contribution in [3.05, 3.63) is 0 Å². The van der Waals surface area contributed by atoms with Gasteiger partial charge >= 0.3 is 5.97 Å². The predicted octanol–water partition coefficient (Wildman–Crippen LogP) is 1.05. The van der Waals surface area contributed by atoms with Gasteiger partial charge in [0.05, 0.1) is 6.61 Å². The molecule has 1 saturated heterocycles. The Balaban J connectivity index is 2.31. The maximum absolute atomic E-state index is 10.7. The second-order valence-electron chi connectivity index (χ2n) is 1.90. The molecule has 0 radical (unpaired) electrons. The van der Waals surface area contributed by atoms with Gasteiger partial charge in [-0.2, -0.15) is 0 Å². The Morgan fingerprint density at radius 3 is 3.11 bits per heavy atom. The molecule has 0 aromatic rings. The highest BCUT2D eigenvalue weighted by molar-refractivity contribution is 8.00. The SMILES string of the molecule is CCS[C@H]1CCOC1=O. The molecule has 52 valence electrons. The van der Waals surface area contributed by atoms with Gasteiger partial charge in [-0.05, 0) is 5.75 Å². The number of carbonyl (C=O) groups excluding carboxylic acids is 1. The van der Waals surface area contributed by atoms with Gasteiger partial charge < -0.3 is 4.74 Å². The number of hydrogen-bond donors (Lipinski definition) is 0. The average molecular weight is 146 g/mol. The summed E-state index contributed by atoms with van der Waals surface area (Å²) in [6, 6.07) is 0. The van der Waals surface area contributed by atoms with Crippen LogP contribution >= 0.6 is 11.8 Å². The van der Waals surface area contributed by atoms with Gasteiger partial charge in [-0.25, -0.2) is 0 Å². The quantitative estimate of drug-likeness (QED) is 0.545. The summed E-state index contributed by atoms with van der Waals surface area (Å²) in [6.07, 6.45) is 0.900. The molecule has 0 unspecified atom stereocenters. The molecule has 9 heavy (non-hydrogen) atoms. The number of hydrogen-bond acceptors (Lipinski definition) is 3. The van der Waals surface area contributed by atoms with E-state index < -0.39 is 0 Å². The van der Waals surface area contributed by atoms with Crippen LogP contribution in [0, 0.1) is 0 Å². The van der Waals surface area contributed by atoms with Crippen LogP contribution in [0.25, 0.3) is 0 Å². The van der Waals surface area contributed by atoms with Crippen LogP contribution in [0.4, 0.5) is 0 Å². The van der Waals surface area contributed by atoms with Gasteiger partial charge in [0.15, 0.2) is 0 Å². The van der Waals surface area contributed by atoms with Gasteiger partial charge in [0, 0.05) is 6.42 Å². The van der Waals surface area contributed by atoms with Crippen LogP contribution in [0.3, 0.4) is 0 Å². The first-order valence-electron chi connectivity index (χ1n) is 3.13. The van der Waals surface area contributed by atoms with Crippen molar-refractivity contribution in [3.63, 3.8) is 0 Å². The van der Waals surface area contributed by atoms with Gasteiger partial charge in [-0.1, -0.05) is 6.92 Å². The van der Waals surface area contributed by atoms with Crippen molar-refractivity contribution in [1.29, 1.82) is 0 Å². The number of rotatable bonds is 2. The van der Waals surface area contributed by atoms with Crippen LogP contribution in [0.5, 0.6) is 0 Å². The number of ether oxygens (including phenoxy) is 1. The van der Waals surface area contributed by atoms with Crippen molar-refractivity contribution in [3.8, 4) is 0 Å². The minimum absolute atomic E-state index is 0.0261. The van der Waals surface area contributed by atoms with Gasteiger partial charge in [0.1, 0.15) is 5.25 Å². The van der Waals surface area contributed by atoms with Gasteiger partial charge in [-0.3, -0.25) is 4.79 Å². The highest BCUT2D eigenvalue weighted by Gasteiger charge is 2.25. The lowest BCUT2D eigenvalue weighted by atomic mass is 10.4. The minimum Gasteiger partial charge on any atom is -0.465 e. The summed E-state index contributed by atoms with van der Waals surface area (Å²) in [7, 11) is 0. The molecule has 0 aliphatic carbocycles. The Morgan fingerprint density at radius 2 is 2.67 bits per heavy atom. The molecule has 1 aliphatic rings. The van der Waals surface area contributed by atoms with Crippen molar-refractivity contribution in [2.75, 3.05) is 12.4 Å². The maximum Gasteiger partial charge on any atom is 0.319 e. The first-order valence-corrected chi connectivity index (χ1v) is 4.17. The van der Waals surface area contributed by atoms with Crippen LogP contribution in [-0.2, 0) is 9.53 Å². The zero-order valence-corrected chi connectivity index (χ0v) is 6.24. The second kappa shape index (κ2) is 3.11. The summed E-state index contributed by atoms with van der Waals surface area (Å²) < 4.78 is 4.76. The lowest BCUT2D eigenvalue weighted by Crippen LogP contribution is -2.09. The van der Waals surface area contributed by atoms with Crippen molar-refractivity contribution < 1.29 is 9.53 Å². The highest BCUT2D eigenvalue weighted by atomic mass is 32.2. The van der Waals surface area contributed by atoms with Crippen molar-refractivity contribution in [2.45, 2.75) is 18.6 Å². The Bertz CT molecular complexity index is 114. The molecule has 1 rings (SSSR count). The Morgan fingerprint density at radius 1 is 1.89 bits per heavy atom. The summed E-state index contributed by atoms with van der Waals surface area (Å²) in [5.41, 5.74) is 0. The third kappa shape index (κ3) is 1.61. The Kier molecular flexibility index (Phi) is 2.39. The fourth-order valence-corrected chi connectivity index (χ4v) is 1.70. The molecule has 2 nitrogen and oxygen atoms in total. The zero-order valence-electron chi connectivity index (χ0n) is 5.42. The number of thioether (sulfide) groups is 1. The normalized spacial score (nSPS) is 26.3. The molecule has 0 bridgehead atoms. The average Bonchev–Trinajstić information content (AvgIpc) is 2.18. The Hall–Kier alpha value is -0.180. The fourth-order valence-electron chi connectivity index (χ4n) is 0.830. The summed E-state index contributed by atoms with van der Waals surface area (Å²) in [4.78, 5) is 10.7. The molecule has 1 heterocycles. The van der Waals surface area contributed by atoms with E-state index in [1.807, 2.05) is 0 Å². The van der Waals surface area contributed by atoms with E-state index in [1.165, 1.54) is 0 Å². The summed E-state index contributed by atoms with van der Waals surface area (Å²) in [5, 5.41) is 0.134. The van der Waals surface area contributed by atoms with Gasteiger partial charge in [0.2, 0.25) is 0 Å². The van der Waals surface area contributed by atoms with Crippen molar-refractivity contribution >= 4 is 17.7 Å². The molecule has 0 spiro atoms. The standard InChI is InChI=1S/C6H10O2S/c1-2-9-5-3-4-8-6(5)7/h5H,2-4H2,1H3/t5-/m0/s1. The van der Waals surface area contributed by atoms with E-state index >= 15 is 0 Å². The first-order chi connectivity index (χ1) is 4.34. The smallest absolute Gasteiger partial charge is 0.319 e. The molecule has 0 aromatic carbocycles. The van der Waals surface area contributed by atoms with E-state index in [2.05, 4.69) is 6.92 Å². The van der Waals surface area contributed by atoms with E-state index in [0.29, 0.717) is 6.61 Å². The molecule has 0 amide bonds. The Labute approximate surface area is 59.0 Å². The molecule has 1 aliphatic heterocycles. The lowest BCUT2D eigenvalue weighted by Gasteiger charge is -1.99. The van der Waals surface area contributed by atoms with Gasteiger partial charge in [0.25, 0.3) is 0 Å². The zero-order chi connectivity index (χ0) is 6.69. The highest BCUT2D eigenvalue weighted by Crippen LogP contribution is 2.20. The van der Waals surface area contributed by atoms with E-state index in [-0.39, 0.29) is 11.2 Å². The van der Waals surface area contributed by atoms with Crippen LogP contribution in [0.15, 0.2) is 0 Å². The largest absolute Gasteiger partial charge is 0.465 e. The van der Waals surface area contributed by atoms with Gasteiger partial charge in [-0.15, -0.1) is 11.8 Å². The number of esters is 1. The van der Waals surface area contributed by atoms with Crippen molar-refractivity contribution in [1.82, 2.24) is 0 Å². The predicted molar refractivity (Wildman–Crippen MR) is 37.5 cm³/mol. The van der Waals surface area contributed by atoms with E-state index in [4.69, 9.17) is 4.74 Å². The molecule has 0 aromatic heterocycles. The third-order valence-corrected chi connectivity index (χ3v) is 2.42. The number of cyclic esters (lactones) is 1. The molecule has 1 atom stereocenters. The molecule has 1 fully saturated rings. The van der Waals surface area contributed by atoms with Crippen molar-refractivity contribution in [2.24, 2.45) is 0 Å². The molecule has 0 N–H and O–H groups in total. The van der Waals surface area contributed by atoms with Crippen LogP contribution in [-0.4, -0.2) is 23.6 Å². The second-order valence-corrected chi connectivity index (χ2v) is 3.38. The summed E-state index contributed by atoms with van der Waals surface area (Å²) in [5.74, 6) is 0.974. The minimum atomic E-state index is -0.0261.